The SMILES string of the molecule is O=C(NC1CCCCC1)C1(Sc2ccc(Cl)c(Cl)c2)CC1. The van der Waals surface area contributed by atoms with E-state index in [9.17, 15) is 4.79 Å². The number of benzene rings is 1. The molecular weight excluding hydrogens is 325 g/mol. The monoisotopic (exact) mass is 343 g/mol. The first kappa shape index (κ1) is 15.5. The lowest BCUT2D eigenvalue weighted by Crippen LogP contribution is -2.42. The molecule has 0 aliphatic heterocycles. The minimum absolute atomic E-state index is 0.200. The van der Waals surface area contributed by atoms with Gasteiger partial charge in [0.15, 0.2) is 0 Å². The highest BCUT2D eigenvalue weighted by Gasteiger charge is 2.51. The lowest BCUT2D eigenvalue weighted by molar-refractivity contribution is -0.122. The van der Waals surface area contributed by atoms with Gasteiger partial charge in [0.05, 0.1) is 14.8 Å². The molecule has 0 unspecified atom stereocenters. The fourth-order valence-corrected chi connectivity index (χ4v) is 4.40. The third-order valence-electron chi connectivity index (χ3n) is 4.26. The Kier molecular flexibility index (Phi) is 4.72. The van der Waals surface area contributed by atoms with Crippen LogP contribution in [0.2, 0.25) is 10.0 Å². The Morgan fingerprint density at radius 2 is 1.86 bits per heavy atom. The van der Waals surface area contributed by atoms with Crippen molar-refractivity contribution in [2.75, 3.05) is 0 Å². The van der Waals surface area contributed by atoms with E-state index in [0.29, 0.717) is 16.1 Å². The molecule has 5 heteroatoms. The van der Waals surface area contributed by atoms with Crippen molar-refractivity contribution in [3.8, 4) is 0 Å². The molecular formula is C16H19Cl2NOS. The van der Waals surface area contributed by atoms with Gasteiger partial charge in [-0.1, -0.05) is 42.5 Å². The van der Waals surface area contributed by atoms with Crippen molar-refractivity contribution in [1.29, 1.82) is 0 Å². The van der Waals surface area contributed by atoms with Crippen LogP contribution in [0.25, 0.3) is 0 Å². The lowest BCUT2D eigenvalue weighted by atomic mass is 9.95. The highest BCUT2D eigenvalue weighted by molar-refractivity contribution is 8.01. The standard InChI is InChI=1S/C16H19Cl2NOS/c17-13-7-6-12(10-14(13)18)21-16(8-9-16)15(20)19-11-4-2-1-3-5-11/h6-7,10-11H,1-5,8-9H2,(H,19,20). The molecule has 1 amide bonds. The fraction of sp³-hybridized carbons (Fsp3) is 0.562. The Hall–Kier alpha value is -0.380. The number of rotatable bonds is 4. The van der Waals surface area contributed by atoms with E-state index in [1.54, 1.807) is 17.8 Å². The second kappa shape index (κ2) is 6.39. The normalized spacial score (nSPS) is 21.0. The summed E-state index contributed by atoms with van der Waals surface area (Å²) in [6.07, 6.45) is 7.90. The minimum Gasteiger partial charge on any atom is -0.352 e. The summed E-state index contributed by atoms with van der Waals surface area (Å²) in [6.45, 7) is 0. The van der Waals surface area contributed by atoms with Gasteiger partial charge in [0.1, 0.15) is 0 Å². The maximum atomic E-state index is 12.6. The maximum Gasteiger partial charge on any atom is 0.236 e. The van der Waals surface area contributed by atoms with Crippen molar-refractivity contribution in [2.45, 2.75) is 60.6 Å². The van der Waals surface area contributed by atoms with Crippen LogP contribution in [-0.2, 0) is 4.79 Å². The molecule has 1 aromatic carbocycles. The number of amides is 1. The van der Waals surface area contributed by atoms with E-state index < -0.39 is 0 Å². The van der Waals surface area contributed by atoms with Crippen molar-refractivity contribution < 1.29 is 4.79 Å². The van der Waals surface area contributed by atoms with E-state index in [1.807, 2.05) is 12.1 Å². The second-order valence-corrected chi connectivity index (χ2v) is 8.25. The largest absolute Gasteiger partial charge is 0.352 e. The van der Waals surface area contributed by atoms with Gasteiger partial charge in [0, 0.05) is 10.9 Å². The van der Waals surface area contributed by atoms with Crippen molar-refractivity contribution in [1.82, 2.24) is 5.32 Å². The third kappa shape index (κ3) is 3.69. The highest BCUT2D eigenvalue weighted by atomic mass is 35.5. The predicted octanol–water partition coefficient (Wildman–Crippen LogP) is 5.07. The average molecular weight is 344 g/mol. The minimum atomic E-state index is -0.283. The van der Waals surface area contributed by atoms with Crippen LogP contribution in [0.15, 0.2) is 23.1 Å². The van der Waals surface area contributed by atoms with Gasteiger partial charge in [-0.15, -0.1) is 11.8 Å². The molecule has 3 rings (SSSR count). The molecule has 0 heterocycles. The molecule has 21 heavy (non-hydrogen) atoms. The molecule has 1 N–H and O–H groups in total. The van der Waals surface area contributed by atoms with Gasteiger partial charge in [0.2, 0.25) is 5.91 Å². The Morgan fingerprint density at radius 3 is 2.48 bits per heavy atom. The lowest BCUT2D eigenvalue weighted by Gasteiger charge is -2.25. The summed E-state index contributed by atoms with van der Waals surface area (Å²) in [5, 5.41) is 4.35. The highest BCUT2D eigenvalue weighted by Crippen LogP contribution is 2.52. The topological polar surface area (TPSA) is 29.1 Å². The van der Waals surface area contributed by atoms with E-state index in [-0.39, 0.29) is 10.7 Å². The zero-order chi connectivity index (χ0) is 14.9. The van der Waals surface area contributed by atoms with E-state index >= 15 is 0 Å². The zero-order valence-corrected chi connectivity index (χ0v) is 14.2. The summed E-state index contributed by atoms with van der Waals surface area (Å²) in [5.74, 6) is 0.200. The van der Waals surface area contributed by atoms with E-state index in [2.05, 4.69) is 5.32 Å². The number of thioether (sulfide) groups is 1. The van der Waals surface area contributed by atoms with Gasteiger partial charge in [-0.3, -0.25) is 4.79 Å². The van der Waals surface area contributed by atoms with Crippen LogP contribution < -0.4 is 5.32 Å². The first-order chi connectivity index (χ1) is 10.1. The third-order valence-corrected chi connectivity index (χ3v) is 6.48. The summed E-state index contributed by atoms with van der Waals surface area (Å²) in [7, 11) is 0. The van der Waals surface area contributed by atoms with Crippen molar-refractivity contribution in [3.05, 3.63) is 28.2 Å². The first-order valence-corrected chi connectivity index (χ1v) is 9.11. The number of nitrogens with one attached hydrogen (secondary N) is 1. The molecule has 2 aliphatic rings. The van der Waals surface area contributed by atoms with Gasteiger partial charge in [-0.05, 0) is 43.9 Å². The molecule has 0 bridgehead atoms. The molecule has 0 saturated heterocycles. The smallest absolute Gasteiger partial charge is 0.236 e. The summed E-state index contributed by atoms with van der Waals surface area (Å²) in [4.78, 5) is 13.6. The van der Waals surface area contributed by atoms with Crippen LogP contribution in [0.1, 0.15) is 44.9 Å². The molecule has 0 spiro atoms. The van der Waals surface area contributed by atoms with Gasteiger partial charge < -0.3 is 5.32 Å². The van der Waals surface area contributed by atoms with Crippen molar-refractivity contribution in [3.63, 3.8) is 0 Å². The summed E-state index contributed by atoms with van der Waals surface area (Å²) < 4.78 is -0.283. The Bertz CT molecular complexity index is 539. The Morgan fingerprint density at radius 1 is 1.14 bits per heavy atom. The number of carbonyl (C=O) groups excluding carboxylic acids is 1. The number of hydrogen-bond acceptors (Lipinski definition) is 2. The van der Waals surface area contributed by atoms with Gasteiger partial charge in [0.25, 0.3) is 0 Å². The molecule has 2 aliphatic carbocycles. The Labute approximate surface area is 140 Å². The van der Waals surface area contributed by atoms with Crippen LogP contribution in [0.5, 0.6) is 0 Å². The van der Waals surface area contributed by atoms with Crippen molar-refractivity contribution >= 4 is 40.9 Å². The average Bonchev–Trinajstić information content (AvgIpc) is 3.25. The van der Waals surface area contributed by atoms with Crippen LogP contribution in [0, 0.1) is 0 Å². The number of carbonyl (C=O) groups is 1. The molecule has 1 aromatic rings. The van der Waals surface area contributed by atoms with Crippen LogP contribution in [0.3, 0.4) is 0 Å². The molecule has 0 atom stereocenters. The van der Waals surface area contributed by atoms with E-state index in [1.165, 1.54) is 19.3 Å². The molecule has 2 fully saturated rings. The van der Waals surface area contributed by atoms with Crippen LogP contribution in [-0.4, -0.2) is 16.7 Å². The molecule has 0 radical (unpaired) electrons. The molecule has 114 valence electrons. The molecule has 2 nitrogen and oxygen atoms in total. The second-order valence-electron chi connectivity index (χ2n) is 5.98. The van der Waals surface area contributed by atoms with Crippen molar-refractivity contribution in [2.24, 2.45) is 0 Å². The summed E-state index contributed by atoms with van der Waals surface area (Å²) >= 11 is 13.6. The van der Waals surface area contributed by atoms with Crippen LogP contribution >= 0.6 is 35.0 Å². The van der Waals surface area contributed by atoms with Gasteiger partial charge in [-0.2, -0.15) is 0 Å². The van der Waals surface area contributed by atoms with E-state index in [4.69, 9.17) is 23.2 Å². The quantitative estimate of drug-likeness (QED) is 0.826. The number of halogens is 2. The Balaban J connectivity index is 1.63. The van der Waals surface area contributed by atoms with Gasteiger partial charge >= 0.3 is 0 Å². The van der Waals surface area contributed by atoms with Crippen LogP contribution in [0.4, 0.5) is 0 Å². The summed E-state index contributed by atoms with van der Waals surface area (Å²) in [6, 6.07) is 5.95. The number of hydrogen-bond donors (Lipinski definition) is 1. The van der Waals surface area contributed by atoms with E-state index in [0.717, 1.165) is 30.6 Å². The van der Waals surface area contributed by atoms with Gasteiger partial charge in [-0.25, -0.2) is 0 Å². The zero-order valence-electron chi connectivity index (χ0n) is 11.8. The predicted molar refractivity (Wildman–Crippen MR) is 89.3 cm³/mol. The molecule has 0 aromatic heterocycles. The maximum absolute atomic E-state index is 12.6. The molecule has 2 saturated carbocycles. The fourth-order valence-electron chi connectivity index (χ4n) is 2.82. The summed E-state index contributed by atoms with van der Waals surface area (Å²) in [5.41, 5.74) is 0. The first-order valence-electron chi connectivity index (χ1n) is 7.54.